The summed E-state index contributed by atoms with van der Waals surface area (Å²) in [7, 11) is 0. The van der Waals surface area contributed by atoms with E-state index in [1.807, 2.05) is 12.1 Å². The summed E-state index contributed by atoms with van der Waals surface area (Å²) in [5.41, 5.74) is 6.72. The lowest BCUT2D eigenvalue weighted by atomic mass is 10.1. The number of hydrogen-bond acceptors (Lipinski definition) is 3. The van der Waals surface area contributed by atoms with Crippen molar-refractivity contribution in [1.82, 2.24) is 0 Å². The van der Waals surface area contributed by atoms with Gasteiger partial charge in [-0.05, 0) is 31.0 Å². The fourth-order valence-electron chi connectivity index (χ4n) is 1.74. The van der Waals surface area contributed by atoms with Gasteiger partial charge in [-0.2, -0.15) is 0 Å². The van der Waals surface area contributed by atoms with Crippen LogP contribution >= 0.6 is 0 Å². The maximum absolute atomic E-state index is 5.71. The van der Waals surface area contributed by atoms with Crippen molar-refractivity contribution in [3.8, 4) is 11.5 Å². The van der Waals surface area contributed by atoms with Gasteiger partial charge in [-0.25, -0.2) is 0 Å². The van der Waals surface area contributed by atoms with Crippen LogP contribution in [0.15, 0.2) is 18.2 Å². The normalized spacial score (nSPS) is 14.7. The molecular formula is C12H17NO2. The first kappa shape index (κ1) is 10.3. The third-order valence-electron chi connectivity index (χ3n) is 2.50. The Labute approximate surface area is 90.2 Å². The van der Waals surface area contributed by atoms with Crippen molar-refractivity contribution in [2.45, 2.75) is 19.3 Å². The monoisotopic (exact) mass is 207 g/mol. The van der Waals surface area contributed by atoms with Crippen molar-refractivity contribution in [2.24, 2.45) is 5.73 Å². The largest absolute Gasteiger partial charge is 0.490 e. The minimum absolute atomic E-state index is 0.713. The first-order chi connectivity index (χ1) is 7.42. The summed E-state index contributed by atoms with van der Waals surface area (Å²) in [5.74, 6) is 1.80. The van der Waals surface area contributed by atoms with E-state index in [1.54, 1.807) is 0 Å². The van der Waals surface area contributed by atoms with Gasteiger partial charge in [0.1, 0.15) is 0 Å². The number of aryl methyl sites for hydroxylation is 1. The maximum atomic E-state index is 5.71. The molecule has 0 fully saturated rings. The van der Waals surface area contributed by atoms with E-state index in [1.165, 1.54) is 5.56 Å². The second kappa shape index (κ2) is 5.03. The molecule has 0 saturated carbocycles. The Hall–Kier alpha value is -1.22. The standard InChI is InChI=1S/C12H17NO2/c13-7-2-5-10-4-1-6-11-12(10)15-9-3-8-14-11/h1,4,6H,2-3,5,7-9,13H2. The zero-order valence-electron chi connectivity index (χ0n) is 8.87. The fourth-order valence-corrected chi connectivity index (χ4v) is 1.74. The second-order valence-electron chi connectivity index (χ2n) is 3.69. The molecule has 3 heteroatoms. The average molecular weight is 207 g/mol. The van der Waals surface area contributed by atoms with Crippen LogP contribution < -0.4 is 15.2 Å². The molecule has 2 N–H and O–H groups in total. The van der Waals surface area contributed by atoms with Crippen LogP contribution in [0, 0.1) is 0 Å². The fraction of sp³-hybridized carbons (Fsp3) is 0.500. The second-order valence-corrected chi connectivity index (χ2v) is 3.69. The van der Waals surface area contributed by atoms with Crippen LogP contribution in [0.4, 0.5) is 0 Å². The van der Waals surface area contributed by atoms with Gasteiger partial charge in [-0.15, -0.1) is 0 Å². The van der Waals surface area contributed by atoms with E-state index in [2.05, 4.69) is 6.07 Å². The predicted octanol–water partition coefficient (Wildman–Crippen LogP) is 1.74. The number of nitrogens with two attached hydrogens (primary N) is 1. The summed E-state index contributed by atoms with van der Waals surface area (Å²) in [5, 5.41) is 0. The molecule has 0 aliphatic carbocycles. The Kier molecular flexibility index (Phi) is 3.45. The van der Waals surface area contributed by atoms with E-state index in [0.717, 1.165) is 44.0 Å². The molecule has 2 rings (SSSR count). The quantitative estimate of drug-likeness (QED) is 0.821. The molecule has 0 amide bonds. The maximum Gasteiger partial charge on any atom is 0.164 e. The minimum Gasteiger partial charge on any atom is -0.490 e. The first-order valence-corrected chi connectivity index (χ1v) is 5.49. The molecule has 0 atom stereocenters. The molecule has 0 saturated heterocycles. The summed E-state index contributed by atoms with van der Waals surface area (Å²) >= 11 is 0. The van der Waals surface area contributed by atoms with Crippen LogP contribution in [0.1, 0.15) is 18.4 Å². The van der Waals surface area contributed by atoms with Crippen molar-refractivity contribution < 1.29 is 9.47 Å². The highest BCUT2D eigenvalue weighted by molar-refractivity contribution is 5.47. The predicted molar refractivity (Wildman–Crippen MR) is 59.4 cm³/mol. The van der Waals surface area contributed by atoms with Gasteiger partial charge in [0.15, 0.2) is 11.5 Å². The Bertz CT molecular complexity index is 325. The van der Waals surface area contributed by atoms with Gasteiger partial charge < -0.3 is 15.2 Å². The Morgan fingerprint density at radius 3 is 2.93 bits per heavy atom. The van der Waals surface area contributed by atoms with E-state index >= 15 is 0 Å². The molecule has 1 aliphatic heterocycles. The van der Waals surface area contributed by atoms with Gasteiger partial charge in [0, 0.05) is 6.42 Å². The van der Waals surface area contributed by atoms with Gasteiger partial charge in [0.25, 0.3) is 0 Å². The van der Waals surface area contributed by atoms with Gasteiger partial charge >= 0.3 is 0 Å². The Morgan fingerprint density at radius 2 is 2.07 bits per heavy atom. The highest BCUT2D eigenvalue weighted by Crippen LogP contribution is 2.33. The van der Waals surface area contributed by atoms with Gasteiger partial charge in [0.2, 0.25) is 0 Å². The molecule has 82 valence electrons. The number of para-hydroxylation sites is 1. The van der Waals surface area contributed by atoms with Crippen molar-refractivity contribution >= 4 is 0 Å². The van der Waals surface area contributed by atoms with Gasteiger partial charge in [0.05, 0.1) is 13.2 Å². The third kappa shape index (κ3) is 2.42. The van der Waals surface area contributed by atoms with Gasteiger partial charge in [-0.1, -0.05) is 12.1 Å². The molecule has 0 unspecified atom stereocenters. The number of ether oxygens (including phenoxy) is 2. The molecule has 0 spiro atoms. The van der Waals surface area contributed by atoms with Crippen molar-refractivity contribution in [1.29, 1.82) is 0 Å². The van der Waals surface area contributed by atoms with E-state index in [4.69, 9.17) is 15.2 Å². The lowest BCUT2D eigenvalue weighted by molar-refractivity contribution is 0.296. The van der Waals surface area contributed by atoms with Crippen LogP contribution in [-0.4, -0.2) is 19.8 Å². The SMILES string of the molecule is NCCCc1cccc2c1OCCCO2. The first-order valence-electron chi connectivity index (χ1n) is 5.49. The minimum atomic E-state index is 0.713. The van der Waals surface area contributed by atoms with Crippen molar-refractivity contribution in [3.63, 3.8) is 0 Å². The van der Waals surface area contributed by atoms with Crippen LogP contribution in [0.2, 0.25) is 0 Å². The highest BCUT2D eigenvalue weighted by Gasteiger charge is 2.13. The Morgan fingerprint density at radius 1 is 1.20 bits per heavy atom. The van der Waals surface area contributed by atoms with Crippen molar-refractivity contribution in [3.05, 3.63) is 23.8 Å². The summed E-state index contributed by atoms with van der Waals surface area (Å²) in [6.07, 6.45) is 2.90. The van der Waals surface area contributed by atoms with E-state index < -0.39 is 0 Å². The summed E-state index contributed by atoms with van der Waals surface area (Å²) in [4.78, 5) is 0. The number of rotatable bonds is 3. The molecule has 1 aromatic carbocycles. The zero-order chi connectivity index (χ0) is 10.5. The lowest BCUT2D eigenvalue weighted by Gasteiger charge is -2.11. The highest BCUT2D eigenvalue weighted by atomic mass is 16.5. The smallest absolute Gasteiger partial charge is 0.164 e. The average Bonchev–Trinajstić information content (AvgIpc) is 2.51. The summed E-state index contributed by atoms with van der Waals surface area (Å²) in [6.45, 7) is 2.20. The lowest BCUT2D eigenvalue weighted by Crippen LogP contribution is -2.02. The van der Waals surface area contributed by atoms with Crippen LogP contribution in [0.3, 0.4) is 0 Å². The molecular weight excluding hydrogens is 190 g/mol. The zero-order valence-corrected chi connectivity index (χ0v) is 8.87. The van der Waals surface area contributed by atoms with Crippen molar-refractivity contribution in [2.75, 3.05) is 19.8 Å². The number of fused-ring (bicyclic) bond motifs is 1. The topological polar surface area (TPSA) is 44.5 Å². The molecule has 0 radical (unpaired) electrons. The van der Waals surface area contributed by atoms with Crippen LogP contribution in [-0.2, 0) is 6.42 Å². The molecule has 1 aliphatic rings. The molecule has 1 aromatic rings. The molecule has 0 bridgehead atoms. The number of hydrogen-bond donors (Lipinski definition) is 1. The van der Waals surface area contributed by atoms with E-state index in [-0.39, 0.29) is 0 Å². The summed E-state index contributed by atoms with van der Waals surface area (Å²) < 4.78 is 11.3. The number of benzene rings is 1. The van der Waals surface area contributed by atoms with Crippen LogP contribution in [0.5, 0.6) is 11.5 Å². The van der Waals surface area contributed by atoms with E-state index in [0.29, 0.717) is 6.54 Å². The molecule has 15 heavy (non-hydrogen) atoms. The Balaban J connectivity index is 2.22. The summed E-state index contributed by atoms with van der Waals surface area (Å²) in [6, 6.07) is 6.06. The van der Waals surface area contributed by atoms with Gasteiger partial charge in [-0.3, -0.25) is 0 Å². The van der Waals surface area contributed by atoms with E-state index in [9.17, 15) is 0 Å². The van der Waals surface area contributed by atoms with Crippen LogP contribution in [0.25, 0.3) is 0 Å². The molecule has 0 aromatic heterocycles. The molecule has 1 heterocycles. The third-order valence-corrected chi connectivity index (χ3v) is 2.50. The molecule has 3 nitrogen and oxygen atoms in total.